The molecule has 1 aromatic carbocycles. The fourth-order valence-electron chi connectivity index (χ4n) is 1.59. The molecular formula is C13H17NO5S. The average molecular weight is 299 g/mol. The summed E-state index contributed by atoms with van der Waals surface area (Å²) in [4.78, 5) is 22.4. The third-order valence-electron chi connectivity index (χ3n) is 2.69. The van der Waals surface area contributed by atoms with Crippen LogP contribution in [0.3, 0.4) is 0 Å². The minimum absolute atomic E-state index is 0.0369. The summed E-state index contributed by atoms with van der Waals surface area (Å²) in [5.41, 5.74) is 0.232. The van der Waals surface area contributed by atoms with Crippen LogP contribution in [0.5, 0.6) is 0 Å². The number of carboxylic acids is 1. The average Bonchev–Trinajstić information content (AvgIpc) is 2.35. The van der Waals surface area contributed by atoms with Gasteiger partial charge in [0.25, 0.3) is 5.91 Å². The van der Waals surface area contributed by atoms with E-state index >= 15 is 0 Å². The number of hydrogen-bond acceptors (Lipinski definition) is 4. The molecule has 1 atom stereocenters. The van der Waals surface area contributed by atoms with Crippen molar-refractivity contribution >= 4 is 21.7 Å². The lowest BCUT2D eigenvalue weighted by Gasteiger charge is -2.13. The number of aliphatic carboxylic acids is 1. The van der Waals surface area contributed by atoms with Crippen LogP contribution < -0.4 is 5.32 Å². The molecule has 6 nitrogen and oxygen atoms in total. The Morgan fingerprint density at radius 1 is 1.35 bits per heavy atom. The van der Waals surface area contributed by atoms with Gasteiger partial charge in [0.2, 0.25) is 0 Å². The Bertz CT molecular complexity index is 609. The highest BCUT2D eigenvalue weighted by atomic mass is 32.2. The number of amides is 1. The first-order valence-electron chi connectivity index (χ1n) is 6.03. The van der Waals surface area contributed by atoms with E-state index in [9.17, 15) is 18.0 Å². The largest absolute Gasteiger partial charge is 0.481 e. The van der Waals surface area contributed by atoms with Crippen molar-refractivity contribution in [2.24, 2.45) is 0 Å². The van der Waals surface area contributed by atoms with Crippen molar-refractivity contribution < 1.29 is 23.1 Å². The zero-order chi connectivity index (χ0) is 15.3. The monoisotopic (exact) mass is 299 g/mol. The molecule has 0 radical (unpaired) electrons. The topological polar surface area (TPSA) is 101 Å². The van der Waals surface area contributed by atoms with Crippen LogP contribution in [0.1, 0.15) is 30.1 Å². The summed E-state index contributed by atoms with van der Waals surface area (Å²) in [6.07, 6.45) is 1.34. The lowest BCUT2D eigenvalue weighted by Crippen LogP contribution is -2.33. The summed E-state index contributed by atoms with van der Waals surface area (Å²) < 4.78 is 22.8. The number of carbonyl (C=O) groups is 2. The van der Waals surface area contributed by atoms with E-state index in [1.807, 2.05) is 0 Å². The van der Waals surface area contributed by atoms with Gasteiger partial charge in [0, 0.05) is 24.3 Å². The van der Waals surface area contributed by atoms with Gasteiger partial charge < -0.3 is 10.4 Å². The molecule has 1 amide bonds. The Morgan fingerprint density at radius 3 is 2.55 bits per heavy atom. The lowest BCUT2D eigenvalue weighted by molar-refractivity contribution is -0.137. The van der Waals surface area contributed by atoms with Gasteiger partial charge in [-0.3, -0.25) is 9.59 Å². The summed E-state index contributed by atoms with van der Waals surface area (Å²) >= 11 is 0. The van der Waals surface area contributed by atoms with Gasteiger partial charge in [-0.2, -0.15) is 0 Å². The fourth-order valence-corrected chi connectivity index (χ4v) is 2.25. The van der Waals surface area contributed by atoms with Gasteiger partial charge in [-0.15, -0.1) is 0 Å². The van der Waals surface area contributed by atoms with Gasteiger partial charge in [-0.05, 0) is 31.5 Å². The molecule has 7 heteroatoms. The second kappa shape index (κ2) is 6.51. The molecule has 2 N–H and O–H groups in total. The molecule has 0 spiro atoms. The Morgan fingerprint density at radius 2 is 2.00 bits per heavy atom. The first kappa shape index (κ1) is 16.2. The normalized spacial score (nSPS) is 12.7. The summed E-state index contributed by atoms with van der Waals surface area (Å²) in [5, 5.41) is 11.2. The number of sulfone groups is 1. The van der Waals surface area contributed by atoms with Gasteiger partial charge in [0.05, 0.1) is 4.90 Å². The maximum absolute atomic E-state index is 11.9. The molecule has 20 heavy (non-hydrogen) atoms. The second-order valence-electron chi connectivity index (χ2n) is 4.61. The van der Waals surface area contributed by atoms with E-state index in [1.54, 1.807) is 6.92 Å². The standard InChI is InChI=1S/C13H17NO5S/c1-9(6-7-12(15)16)14-13(17)10-4-3-5-11(8-10)20(2,18)19/h3-5,8-9H,6-7H2,1-2H3,(H,14,17)(H,15,16). The Balaban J connectivity index is 2.75. The Labute approximate surface area is 117 Å². The van der Waals surface area contributed by atoms with Crippen molar-refractivity contribution in [2.45, 2.75) is 30.7 Å². The third-order valence-corrected chi connectivity index (χ3v) is 3.80. The SMILES string of the molecule is CC(CCC(=O)O)NC(=O)c1cccc(S(C)(=O)=O)c1. The number of hydrogen-bond donors (Lipinski definition) is 2. The molecule has 1 unspecified atom stereocenters. The molecule has 0 bridgehead atoms. The number of carbonyl (C=O) groups excluding carboxylic acids is 1. The van der Waals surface area contributed by atoms with E-state index in [2.05, 4.69) is 5.32 Å². The summed E-state index contributed by atoms with van der Waals surface area (Å²) in [5.74, 6) is -1.35. The highest BCUT2D eigenvalue weighted by Crippen LogP contribution is 2.11. The van der Waals surface area contributed by atoms with Crippen LogP contribution in [0.25, 0.3) is 0 Å². The Kier molecular flexibility index (Phi) is 5.26. The van der Waals surface area contributed by atoms with Crippen LogP contribution in [-0.2, 0) is 14.6 Å². The fraction of sp³-hybridized carbons (Fsp3) is 0.385. The van der Waals surface area contributed by atoms with Crippen molar-refractivity contribution in [2.75, 3.05) is 6.26 Å². The summed E-state index contributed by atoms with van der Waals surface area (Å²) in [6.45, 7) is 1.70. The Hall–Kier alpha value is -1.89. The van der Waals surface area contributed by atoms with Crippen LogP contribution in [-0.4, -0.2) is 37.7 Å². The third kappa shape index (κ3) is 5.00. The van der Waals surface area contributed by atoms with E-state index < -0.39 is 21.7 Å². The highest BCUT2D eigenvalue weighted by molar-refractivity contribution is 7.90. The first-order chi connectivity index (χ1) is 9.20. The van der Waals surface area contributed by atoms with Crippen molar-refractivity contribution in [3.8, 4) is 0 Å². The van der Waals surface area contributed by atoms with Crippen molar-refractivity contribution in [3.05, 3.63) is 29.8 Å². The van der Waals surface area contributed by atoms with E-state index in [0.717, 1.165) is 6.26 Å². The first-order valence-corrected chi connectivity index (χ1v) is 7.92. The number of benzene rings is 1. The van der Waals surface area contributed by atoms with E-state index in [-0.39, 0.29) is 22.9 Å². The minimum atomic E-state index is -3.37. The van der Waals surface area contributed by atoms with Crippen LogP contribution in [0.2, 0.25) is 0 Å². The molecule has 1 rings (SSSR count). The van der Waals surface area contributed by atoms with E-state index in [0.29, 0.717) is 6.42 Å². The quantitative estimate of drug-likeness (QED) is 0.818. The van der Waals surface area contributed by atoms with Gasteiger partial charge in [0.1, 0.15) is 0 Å². The van der Waals surface area contributed by atoms with Crippen molar-refractivity contribution in [3.63, 3.8) is 0 Å². The molecule has 0 saturated heterocycles. The number of carboxylic acid groups (broad SMARTS) is 1. The smallest absolute Gasteiger partial charge is 0.303 e. The van der Waals surface area contributed by atoms with E-state index in [4.69, 9.17) is 5.11 Å². The summed E-state index contributed by atoms with van der Waals surface area (Å²) in [6, 6.07) is 5.41. The molecule has 0 fully saturated rings. The highest BCUT2D eigenvalue weighted by Gasteiger charge is 2.14. The molecule has 0 saturated carbocycles. The van der Waals surface area contributed by atoms with Crippen LogP contribution in [0.4, 0.5) is 0 Å². The second-order valence-corrected chi connectivity index (χ2v) is 6.62. The minimum Gasteiger partial charge on any atom is -0.481 e. The van der Waals surface area contributed by atoms with Crippen molar-refractivity contribution in [1.29, 1.82) is 0 Å². The van der Waals surface area contributed by atoms with Crippen LogP contribution >= 0.6 is 0 Å². The molecule has 1 aromatic rings. The number of nitrogens with one attached hydrogen (secondary N) is 1. The van der Waals surface area contributed by atoms with Gasteiger partial charge in [-0.25, -0.2) is 8.42 Å². The molecular weight excluding hydrogens is 282 g/mol. The molecule has 110 valence electrons. The molecule has 0 aliphatic rings. The molecule has 0 aliphatic heterocycles. The van der Waals surface area contributed by atoms with Crippen LogP contribution in [0, 0.1) is 0 Å². The predicted octanol–water partition coefficient (Wildman–Crippen LogP) is 1.07. The lowest BCUT2D eigenvalue weighted by atomic mass is 10.1. The zero-order valence-corrected chi connectivity index (χ0v) is 12.1. The van der Waals surface area contributed by atoms with Crippen molar-refractivity contribution in [1.82, 2.24) is 5.32 Å². The van der Waals surface area contributed by atoms with Crippen LogP contribution in [0.15, 0.2) is 29.2 Å². The summed E-state index contributed by atoms with van der Waals surface area (Å²) in [7, 11) is -3.37. The van der Waals surface area contributed by atoms with Gasteiger partial charge in [0.15, 0.2) is 9.84 Å². The molecule has 0 aromatic heterocycles. The predicted molar refractivity (Wildman–Crippen MR) is 73.3 cm³/mol. The zero-order valence-electron chi connectivity index (χ0n) is 11.3. The van der Waals surface area contributed by atoms with Gasteiger partial charge >= 0.3 is 5.97 Å². The molecule has 0 heterocycles. The maximum atomic E-state index is 11.9. The molecule has 0 aliphatic carbocycles. The maximum Gasteiger partial charge on any atom is 0.303 e. The van der Waals surface area contributed by atoms with Gasteiger partial charge in [-0.1, -0.05) is 6.07 Å². The van der Waals surface area contributed by atoms with E-state index in [1.165, 1.54) is 24.3 Å². The number of rotatable bonds is 6.